The minimum absolute atomic E-state index is 0.0573. The molecule has 1 aliphatic carbocycles. The molecule has 2 aliphatic rings. The van der Waals surface area contributed by atoms with Gasteiger partial charge in [-0.1, -0.05) is 57.2 Å². The predicted molar refractivity (Wildman–Crippen MR) is 114 cm³/mol. The molecule has 2 aromatic rings. The van der Waals surface area contributed by atoms with Crippen LogP contribution in [0, 0.1) is 11.3 Å². The molecule has 2 heterocycles. The highest BCUT2D eigenvalue weighted by Gasteiger charge is 2.41. The number of nitriles is 1. The van der Waals surface area contributed by atoms with Crippen LogP contribution in [0.2, 0.25) is 0 Å². The molecule has 1 atom stereocenters. The minimum Gasteiger partial charge on any atom is -0.384 e. The van der Waals surface area contributed by atoms with Crippen LogP contribution in [0.25, 0.3) is 0 Å². The van der Waals surface area contributed by atoms with Crippen LogP contribution in [0.3, 0.4) is 0 Å². The monoisotopic (exact) mass is 473 g/mol. The molecule has 1 aliphatic heterocycles. The zero-order valence-corrected chi connectivity index (χ0v) is 18.2. The van der Waals surface area contributed by atoms with E-state index in [4.69, 9.17) is 5.73 Å². The third kappa shape index (κ3) is 3.05. The first kappa shape index (κ1) is 19.2. The van der Waals surface area contributed by atoms with Gasteiger partial charge in [-0.05, 0) is 30.7 Å². The third-order valence-electron chi connectivity index (χ3n) is 4.89. The number of nitrogens with zero attached hydrogens (tertiary/aromatic N) is 4. The smallest absolute Gasteiger partial charge is 0.219 e. The van der Waals surface area contributed by atoms with E-state index in [1.807, 2.05) is 30.5 Å². The molecule has 0 saturated carbocycles. The largest absolute Gasteiger partial charge is 0.384 e. The number of carbonyl (C=O) groups is 1. The number of aromatic nitrogens is 2. The molecule has 142 valence electrons. The lowest BCUT2D eigenvalue weighted by atomic mass is 9.76. The molecule has 0 radical (unpaired) electrons. The highest BCUT2D eigenvalue weighted by molar-refractivity contribution is 9.10. The summed E-state index contributed by atoms with van der Waals surface area (Å²) < 4.78 is 1.65. The van der Waals surface area contributed by atoms with Gasteiger partial charge in [0, 0.05) is 22.2 Å². The first-order valence-electron chi connectivity index (χ1n) is 8.64. The number of hydrogen-bond acceptors (Lipinski definition) is 8. The van der Waals surface area contributed by atoms with Crippen molar-refractivity contribution in [2.75, 3.05) is 11.2 Å². The fraction of sp³-hybridized carbons (Fsp3) is 0.263. The lowest BCUT2D eigenvalue weighted by Crippen LogP contribution is -2.38. The Morgan fingerprint density at radius 2 is 2.14 bits per heavy atom. The molecule has 4 rings (SSSR count). The standard InChI is InChI=1S/C19H16BrN5OS2/c1-27-19-24-23-18(28-19)25-13-7-4-8-14(26)16(13)15(11(9-21)17(25)22)10-5-2-3-6-12(10)20/h2-3,5-6,15H,4,7-8,22H2,1H3. The second kappa shape index (κ2) is 7.70. The number of ketones is 1. The maximum atomic E-state index is 13.0. The lowest BCUT2D eigenvalue weighted by molar-refractivity contribution is -0.116. The summed E-state index contributed by atoms with van der Waals surface area (Å²) in [6.45, 7) is 0. The van der Waals surface area contributed by atoms with Crippen LogP contribution in [0.4, 0.5) is 5.13 Å². The Morgan fingerprint density at radius 3 is 2.82 bits per heavy atom. The molecule has 2 N–H and O–H groups in total. The van der Waals surface area contributed by atoms with Crippen molar-refractivity contribution in [3.63, 3.8) is 0 Å². The van der Waals surface area contributed by atoms with E-state index in [9.17, 15) is 10.1 Å². The van der Waals surface area contributed by atoms with Gasteiger partial charge in [0.2, 0.25) is 5.13 Å². The van der Waals surface area contributed by atoms with Crippen LogP contribution in [0.15, 0.2) is 55.7 Å². The quantitative estimate of drug-likeness (QED) is 0.662. The van der Waals surface area contributed by atoms with Gasteiger partial charge in [-0.15, -0.1) is 10.2 Å². The van der Waals surface area contributed by atoms with Crippen LogP contribution in [-0.2, 0) is 4.79 Å². The molecule has 0 fully saturated rings. The number of halogens is 1. The maximum Gasteiger partial charge on any atom is 0.219 e. The highest BCUT2D eigenvalue weighted by Crippen LogP contribution is 2.48. The molecule has 6 nitrogen and oxygen atoms in total. The van der Waals surface area contributed by atoms with Crippen molar-refractivity contribution >= 4 is 49.9 Å². The number of rotatable bonds is 3. The number of hydrogen-bond donors (Lipinski definition) is 1. The van der Waals surface area contributed by atoms with Crippen molar-refractivity contribution in [2.24, 2.45) is 5.73 Å². The molecule has 0 bridgehead atoms. The Balaban J connectivity index is 1.97. The summed E-state index contributed by atoms with van der Waals surface area (Å²) in [4.78, 5) is 14.8. The van der Waals surface area contributed by atoms with Gasteiger partial charge < -0.3 is 5.73 Å². The second-order valence-corrected chi connectivity index (χ2v) is 9.26. The first-order valence-corrected chi connectivity index (χ1v) is 11.5. The number of nitrogens with two attached hydrogens (primary N) is 1. The van der Waals surface area contributed by atoms with Crippen molar-refractivity contribution in [3.8, 4) is 6.07 Å². The van der Waals surface area contributed by atoms with E-state index < -0.39 is 5.92 Å². The topological polar surface area (TPSA) is 95.9 Å². The molecular weight excluding hydrogens is 458 g/mol. The molecule has 9 heteroatoms. The van der Waals surface area contributed by atoms with Crippen molar-refractivity contribution in [1.82, 2.24) is 10.2 Å². The zero-order chi connectivity index (χ0) is 19.8. The summed E-state index contributed by atoms with van der Waals surface area (Å²) in [5.74, 6) is -0.102. The second-order valence-electron chi connectivity index (χ2n) is 6.39. The average molecular weight is 474 g/mol. The molecular formula is C19H16BrN5OS2. The molecule has 1 aromatic heterocycles. The summed E-state index contributed by atoms with van der Waals surface area (Å²) in [6, 6.07) is 9.91. The fourth-order valence-corrected chi connectivity index (χ4v) is 5.51. The highest BCUT2D eigenvalue weighted by atomic mass is 79.9. The van der Waals surface area contributed by atoms with Gasteiger partial charge in [0.15, 0.2) is 10.1 Å². The van der Waals surface area contributed by atoms with Crippen LogP contribution in [0.5, 0.6) is 0 Å². The Bertz CT molecular complexity index is 1070. The molecule has 28 heavy (non-hydrogen) atoms. The van der Waals surface area contributed by atoms with Crippen LogP contribution in [0.1, 0.15) is 30.7 Å². The SMILES string of the molecule is CSc1nnc(N2C(N)=C(C#N)C(c3ccccc3Br)C3=C2CCCC3=O)s1. The number of carbonyl (C=O) groups excluding carboxylic acids is 1. The number of allylic oxidation sites excluding steroid dienone is 3. The minimum atomic E-state index is -0.479. The summed E-state index contributed by atoms with van der Waals surface area (Å²) in [5, 5.41) is 19.0. The molecule has 1 unspecified atom stereocenters. The van der Waals surface area contributed by atoms with Crippen LogP contribution in [-0.4, -0.2) is 22.2 Å². The molecule has 0 spiro atoms. The average Bonchev–Trinajstić information content (AvgIpc) is 3.16. The predicted octanol–water partition coefficient (Wildman–Crippen LogP) is 4.33. The Labute approximate surface area is 179 Å². The van der Waals surface area contributed by atoms with Crippen molar-refractivity contribution in [2.45, 2.75) is 29.5 Å². The van der Waals surface area contributed by atoms with Gasteiger partial charge in [0.05, 0.1) is 17.6 Å². The summed E-state index contributed by atoms with van der Waals surface area (Å²) in [6.07, 6.45) is 3.85. The van der Waals surface area contributed by atoms with Crippen molar-refractivity contribution in [1.29, 1.82) is 5.26 Å². The van der Waals surface area contributed by atoms with Crippen LogP contribution >= 0.6 is 39.0 Å². The Hall–Kier alpha value is -2.15. The number of anilines is 1. The lowest BCUT2D eigenvalue weighted by Gasteiger charge is -2.38. The van der Waals surface area contributed by atoms with E-state index in [0.717, 1.165) is 26.5 Å². The summed E-state index contributed by atoms with van der Waals surface area (Å²) in [5.41, 5.74) is 9.21. The van der Waals surface area contributed by atoms with E-state index in [2.05, 4.69) is 32.2 Å². The van der Waals surface area contributed by atoms with E-state index in [0.29, 0.717) is 34.9 Å². The molecule has 0 amide bonds. The first-order chi connectivity index (χ1) is 13.6. The van der Waals surface area contributed by atoms with Crippen LogP contribution < -0.4 is 10.6 Å². The van der Waals surface area contributed by atoms with E-state index in [1.54, 1.807) is 4.90 Å². The third-order valence-corrected chi connectivity index (χ3v) is 7.50. The van der Waals surface area contributed by atoms with Gasteiger partial charge >= 0.3 is 0 Å². The normalized spacial score (nSPS) is 19.7. The summed E-state index contributed by atoms with van der Waals surface area (Å²) in [7, 11) is 0. The Kier molecular flexibility index (Phi) is 5.27. The molecule has 0 saturated heterocycles. The van der Waals surface area contributed by atoms with Gasteiger partial charge in [0.1, 0.15) is 5.82 Å². The van der Waals surface area contributed by atoms with Gasteiger partial charge in [0.25, 0.3) is 0 Å². The van der Waals surface area contributed by atoms with Gasteiger partial charge in [-0.2, -0.15) is 5.26 Å². The fourth-order valence-electron chi connectivity index (χ4n) is 3.70. The molecule has 1 aromatic carbocycles. The van der Waals surface area contributed by atoms with Gasteiger partial charge in [-0.3, -0.25) is 9.69 Å². The number of benzene rings is 1. The number of Topliss-reactive ketones (excluding diaryl/α,β-unsaturated/α-hetero) is 1. The summed E-state index contributed by atoms with van der Waals surface area (Å²) >= 11 is 6.47. The van der Waals surface area contributed by atoms with E-state index in [1.165, 1.54) is 23.1 Å². The van der Waals surface area contributed by atoms with E-state index in [-0.39, 0.29) is 5.78 Å². The Morgan fingerprint density at radius 1 is 1.36 bits per heavy atom. The van der Waals surface area contributed by atoms with Gasteiger partial charge in [-0.25, -0.2) is 0 Å². The zero-order valence-electron chi connectivity index (χ0n) is 15.0. The van der Waals surface area contributed by atoms with Crippen molar-refractivity contribution in [3.05, 3.63) is 57.0 Å². The van der Waals surface area contributed by atoms with Crippen molar-refractivity contribution < 1.29 is 4.79 Å². The maximum absolute atomic E-state index is 13.0. The number of thioether (sulfide) groups is 1. The van der Waals surface area contributed by atoms with E-state index >= 15 is 0 Å².